The third kappa shape index (κ3) is 3.22. The summed E-state index contributed by atoms with van der Waals surface area (Å²) >= 11 is 0. The van der Waals surface area contributed by atoms with Gasteiger partial charge in [0.15, 0.2) is 0 Å². The minimum Gasteiger partial charge on any atom is -0.273 e. The molecule has 1 aromatic rings. The van der Waals surface area contributed by atoms with E-state index in [1.165, 1.54) is 0 Å². The molecular formula is C13H13N5O. The van der Waals surface area contributed by atoms with Gasteiger partial charge in [-0.3, -0.25) is 4.79 Å². The molecule has 1 aliphatic rings. The third-order valence-electron chi connectivity index (χ3n) is 2.75. The number of hydrogen-bond donors (Lipinski definition) is 1. The van der Waals surface area contributed by atoms with Crippen molar-refractivity contribution < 1.29 is 4.79 Å². The Kier molecular flexibility index (Phi) is 3.98. The van der Waals surface area contributed by atoms with Crippen LogP contribution in [0.3, 0.4) is 0 Å². The second-order valence-electron chi connectivity index (χ2n) is 4.24. The Balaban J connectivity index is 2.15. The van der Waals surface area contributed by atoms with Gasteiger partial charge in [0.2, 0.25) is 5.91 Å². The standard InChI is InChI=1S/C13H13N5O/c1-9-8-12(19)17-18-13(9)10-2-4-11(5-3-10)16-15-7-6-14/h2-5,9H,7-8H2,1H3,(H,17,19). The van der Waals surface area contributed by atoms with Crippen molar-refractivity contribution in [2.75, 3.05) is 6.54 Å². The molecule has 6 heteroatoms. The smallest absolute Gasteiger partial charge is 0.240 e. The number of carbonyl (C=O) groups is 1. The van der Waals surface area contributed by atoms with E-state index in [-0.39, 0.29) is 18.4 Å². The molecule has 0 fully saturated rings. The van der Waals surface area contributed by atoms with Gasteiger partial charge in [-0.15, -0.1) is 0 Å². The van der Waals surface area contributed by atoms with E-state index in [2.05, 4.69) is 20.8 Å². The summed E-state index contributed by atoms with van der Waals surface area (Å²) in [7, 11) is 0. The van der Waals surface area contributed by atoms with Crippen LogP contribution in [0.4, 0.5) is 5.69 Å². The molecule has 1 heterocycles. The summed E-state index contributed by atoms with van der Waals surface area (Å²) < 4.78 is 0. The van der Waals surface area contributed by atoms with Crippen molar-refractivity contribution in [2.45, 2.75) is 13.3 Å². The van der Waals surface area contributed by atoms with E-state index in [0.29, 0.717) is 12.1 Å². The number of carbonyl (C=O) groups excluding carboxylic acids is 1. The summed E-state index contributed by atoms with van der Waals surface area (Å²) in [5.41, 5.74) is 4.99. The summed E-state index contributed by atoms with van der Waals surface area (Å²) in [5.74, 6) is 0.0398. The molecule has 0 saturated heterocycles. The Bertz CT molecular complexity index is 568. The van der Waals surface area contributed by atoms with Gasteiger partial charge in [-0.05, 0) is 17.7 Å². The van der Waals surface area contributed by atoms with Crippen LogP contribution in [0, 0.1) is 17.2 Å². The molecular weight excluding hydrogens is 242 g/mol. The van der Waals surface area contributed by atoms with Crippen molar-refractivity contribution in [3.8, 4) is 6.07 Å². The highest BCUT2D eigenvalue weighted by Crippen LogP contribution is 2.19. The van der Waals surface area contributed by atoms with E-state index in [0.717, 1.165) is 11.3 Å². The van der Waals surface area contributed by atoms with Crippen LogP contribution < -0.4 is 5.43 Å². The van der Waals surface area contributed by atoms with Gasteiger partial charge in [0, 0.05) is 12.3 Å². The van der Waals surface area contributed by atoms with Gasteiger partial charge in [-0.2, -0.15) is 20.6 Å². The highest BCUT2D eigenvalue weighted by atomic mass is 16.2. The first kappa shape index (κ1) is 12.9. The number of amides is 1. The fourth-order valence-corrected chi connectivity index (χ4v) is 1.85. The van der Waals surface area contributed by atoms with Gasteiger partial charge in [0.1, 0.15) is 6.54 Å². The maximum absolute atomic E-state index is 11.2. The molecule has 1 aliphatic heterocycles. The monoisotopic (exact) mass is 255 g/mol. The molecule has 1 aromatic carbocycles. The highest BCUT2D eigenvalue weighted by molar-refractivity contribution is 6.05. The number of nitrogens with zero attached hydrogens (tertiary/aromatic N) is 4. The quantitative estimate of drug-likeness (QED) is 0.662. The summed E-state index contributed by atoms with van der Waals surface area (Å²) in [6.45, 7) is 2.02. The van der Waals surface area contributed by atoms with Crippen molar-refractivity contribution in [3.63, 3.8) is 0 Å². The molecule has 2 rings (SSSR count). The zero-order valence-corrected chi connectivity index (χ0v) is 10.5. The Hall–Kier alpha value is -2.55. The van der Waals surface area contributed by atoms with Crippen molar-refractivity contribution in [2.24, 2.45) is 21.2 Å². The number of hydrogen-bond acceptors (Lipinski definition) is 5. The van der Waals surface area contributed by atoms with Gasteiger partial charge < -0.3 is 0 Å². The molecule has 0 spiro atoms. The minimum absolute atomic E-state index is 0.0531. The molecule has 0 aliphatic carbocycles. The van der Waals surface area contributed by atoms with Crippen LogP contribution in [-0.2, 0) is 4.79 Å². The SMILES string of the molecule is CC1CC(=O)NN=C1c1ccc(N=NCC#N)cc1. The van der Waals surface area contributed by atoms with Gasteiger partial charge in [0.25, 0.3) is 0 Å². The zero-order valence-electron chi connectivity index (χ0n) is 10.5. The maximum atomic E-state index is 11.2. The number of nitrogens with one attached hydrogen (secondary N) is 1. The second kappa shape index (κ2) is 5.87. The first-order valence-electron chi connectivity index (χ1n) is 5.92. The Labute approximate surface area is 110 Å². The van der Waals surface area contributed by atoms with Gasteiger partial charge >= 0.3 is 0 Å². The number of nitriles is 1. The Morgan fingerprint density at radius 2 is 2.21 bits per heavy atom. The summed E-state index contributed by atoms with van der Waals surface area (Å²) in [6.07, 6.45) is 0.447. The first-order chi connectivity index (χ1) is 9.20. The van der Waals surface area contributed by atoms with Crippen LogP contribution in [0.2, 0.25) is 0 Å². The molecule has 6 nitrogen and oxygen atoms in total. The van der Waals surface area contributed by atoms with Crippen molar-refractivity contribution in [3.05, 3.63) is 29.8 Å². The fourth-order valence-electron chi connectivity index (χ4n) is 1.85. The lowest BCUT2D eigenvalue weighted by Crippen LogP contribution is -2.31. The molecule has 0 aromatic heterocycles. The third-order valence-corrected chi connectivity index (χ3v) is 2.75. The number of hydrazone groups is 1. The van der Waals surface area contributed by atoms with Gasteiger partial charge in [0.05, 0.1) is 17.5 Å². The second-order valence-corrected chi connectivity index (χ2v) is 4.24. The van der Waals surface area contributed by atoms with E-state index >= 15 is 0 Å². The number of rotatable bonds is 3. The summed E-state index contributed by atoms with van der Waals surface area (Å²) in [4.78, 5) is 11.2. The molecule has 19 heavy (non-hydrogen) atoms. The van der Waals surface area contributed by atoms with Gasteiger partial charge in [-0.1, -0.05) is 19.1 Å². The van der Waals surface area contributed by atoms with Crippen LogP contribution in [0.1, 0.15) is 18.9 Å². The first-order valence-corrected chi connectivity index (χ1v) is 5.92. The van der Waals surface area contributed by atoms with E-state index in [9.17, 15) is 4.79 Å². The number of benzene rings is 1. The molecule has 1 amide bonds. The van der Waals surface area contributed by atoms with Crippen LogP contribution >= 0.6 is 0 Å². The predicted octanol–water partition coefficient (Wildman–Crippen LogP) is 2.15. The van der Waals surface area contributed by atoms with Crippen LogP contribution in [0.5, 0.6) is 0 Å². The number of azo groups is 1. The molecule has 1 N–H and O–H groups in total. The summed E-state index contributed by atoms with van der Waals surface area (Å²) in [5, 5.41) is 20.1. The van der Waals surface area contributed by atoms with Crippen LogP contribution in [-0.4, -0.2) is 18.2 Å². The minimum atomic E-state index is -0.0572. The molecule has 0 radical (unpaired) electrons. The average Bonchev–Trinajstić information content (AvgIpc) is 2.40. The molecule has 96 valence electrons. The lowest BCUT2D eigenvalue weighted by atomic mass is 9.94. The highest BCUT2D eigenvalue weighted by Gasteiger charge is 2.21. The Morgan fingerprint density at radius 1 is 1.47 bits per heavy atom. The fraction of sp³-hybridized carbons (Fsp3) is 0.308. The van der Waals surface area contributed by atoms with E-state index in [1.54, 1.807) is 0 Å². The van der Waals surface area contributed by atoms with Crippen LogP contribution in [0.15, 0.2) is 39.6 Å². The topological polar surface area (TPSA) is 90.0 Å². The summed E-state index contributed by atoms with van der Waals surface area (Å²) in [6, 6.07) is 9.27. The largest absolute Gasteiger partial charge is 0.273 e. The molecule has 0 bridgehead atoms. The van der Waals surface area contributed by atoms with E-state index in [4.69, 9.17) is 5.26 Å². The zero-order chi connectivity index (χ0) is 13.7. The Morgan fingerprint density at radius 3 is 2.84 bits per heavy atom. The van der Waals surface area contributed by atoms with E-state index < -0.39 is 0 Å². The van der Waals surface area contributed by atoms with E-state index in [1.807, 2.05) is 37.3 Å². The maximum Gasteiger partial charge on any atom is 0.240 e. The van der Waals surface area contributed by atoms with Crippen molar-refractivity contribution >= 4 is 17.3 Å². The average molecular weight is 255 g/mol. The lowest BCUT2D eigenvalue weighted by molar-refractivity contribution is -0.121. The molecule has 1 atom stereocenters. The van der Waals surface area contributed by atoms with Crippen molar-refractivity contribution in [1.82, 2.24) is 5.43 Å². The normalized spacial score (nSPS) is 18.8. The molecule has 1 unspecified atom stereocenters. The lowest BCUT2D eigenvalue weighted by Gasteiger charge is -2.19. The van der Waals surface area contributed by atoms with Gasteiger partial charge in [-0.25, -0.2) is 5.43 Å². The van der Waals surface area contributed by atoms with Crippen molar-refractivity contribution in [1.29, 1.82) is 5.26 Å². The molecule has 0 saturated carbocycles. The predicted molar refractivity (Wildman–Crippen MR) is 69.9 cm³/mol. The van der Waals surface area contributed by atoms with Crippen LogP contribution in [0.25, 0.3) is 0 Å².